The Balaban J connectivity index is 2.52. The molecule has 0 aliphatic heterocycles. The number of aliphatic hydroxyl groups excluding tert-OH is 1. The van der Waals surface area contributed by atoms with Crippen molar-refractivity contribution in [3.8, 4) is 0 Å². The van der Waals surface area contributed by atoms with Crippen LogP contribution in [-0.2, 0) is 6.54 Å². The van der Waals surface area contributed by atoms with Gasteiger partial charge in [-0.15, -0.1) is 0 Å². The van der Waals surface area contributed by atoms with Gasteiger partial charge >= 0.3 is 0 Å². The number of halogens is 1. The van der Waals surface area contributed by atoms with Gasteiger partial charge in [0.1, 0.15) is 5.15 Å². The van der Waals surface area contributed by atoms with Gasteiger partial charge in [-0.05, 0) is 30.7 Å². The normalized spacial score (nSPS) is 11.0. The van der Waals surface area contributed by atoms with Crippen LogP contribution in [-0.4, -0.2) is 34.7 Å². The summed E-state index contributed by atoms with van der Waals surface area (Å²) >= 11 is 5.83. The van der Waals surface area contributed by atoms with E-state index in [1.807, 2.05) is 12.1 Å². The van der Waals surface area contributed by atoms with Crippen molar-refractivity contribution >= 4 is 11.6 Å². The van der Waals surface area contributed by atoms with E-state index in [1.165, 1.54) is 6.42 Å². The van der Waals surface area contributed by atoms with E-state index in [0.717, 1.165) is 25.1 Å². The van der Waals surface area contributed by atoms with Crippen LogP contribution in [0.15, 0.2) is 18.3 Å². The van der Waals surface area contributed by atoms with Gasteiger partial charge in [0, 0.05) is 19.3 Å². The number of aliphatic hydroxyl groups is 1. The van der Waals surface area contributed by atoms with Gasteiger partial charge in [-0.2, -0.15) is 0 Å². The molecule has 1 rings (SSSR count). The first-order valence-electron chi connectivity index (χ1n) is 5.70. The molecule has 1 N–H and O–H groups in total. The zero-order valence-corrected chi connectivity index (χ0v) is 10.5. The standard InChI is InChI=1S/C12H19ClN2O/c1-2-3-6-15(7-8-16)10-11-4-5-14-12(13)9-11/h4-5,9,16H,2-3,6-8,10H2,1H3. The first-order chi connectivity index (χ1) is 7.76. The van der Waals surface area contributed by atoms with Gasteiger partial charge in [0.2, 0.25) is 0 Å². The van der Waals surface area contributed by atoms with Gasteiger partial charge < -0.3 is 5.11 Å². The van der Waals surface area contributed by atoms with Crippen molar-refractivity contribution < 1.29 is 5.11 Å². The van der Waals surface area contributed by atoms with Crippen molar-refractivity contribution in [3.05, 3.63) is 29.0 Å². The molecule has 0 spiro atoms. The van der Waals surface area contributed by atoms with E-state index in [2.05, 4.69) is 16.8 Å². The Labute approximate surface area is 102 Å². The fourth-order valence-corrected chi connectivity index (χ4v) is 1.79. The predicted molar refractivity (Wildman–Crippen MR) is 66.5 cm³/mol. The van der Waals surface area contributed by atoms with Gasteiger partial charge in [-0.25, -0.2) is 4.98 Å². The monoisotopic (exact) mass is 242 g/mol. The molecule has 1 aromatic heterocycles. The lowest BCUT2D eigenvalue weighted by molar-refractivity contribution is 0.188. The van der Waals surface area contributed by atoms with Crippen LogP contribution in [0.5, 0.6) is 0 Å². The molecule has 0 radical (unpaired) electrons. The van der Waals surface area contributed by atoms with E-state index in [4.69, 9.17) is 16.7 Å². The average molecular weight is 243 g/mol. The lowest BCUT2D eigenvalue weighted by Gasteiger charge is -2.20. The average Bonchev–Trinajstić information content (AvgIpc) is 2.26. The van der Waals surface area contributed by atoms with Gasteiger partial charge in [0.15, 0.2) is 0 Å². The third kappa shape index (κ3) is 4.92. The minimum atomic E-state index is 0.197. The van der Waals surface area contributed by atoms with Crippen molar-refractivity contribution in [2.75, 3.05) is 19.7 Å². The van der Waals surface area contributed by atoms with Crippen molar-refractivity contribution in [2.24, 2.45) is 0 Å². The number of aromatic nitrogens is 1. The highest BCUT2D eigenvalue weighted by atomic mass is 35.5. The van der Waals surface area contributed by atoms with Crippen LogP contribution in [0, 0.1) is 0 Å². The maximum Gasteiger partial charge on any atom is 0.129 e. The second kappa shape index (κ2) is 7.60. The summed E-state index contributed by atoms with van der Waals surface area (Å²) in [7, 11) is 0. The Kier molecular flexibility index (Phi) is 6.38. The molecule has 90 valence electrons. The van der Waals surface area contributed by atoms with E-state index in [0.29, 0.717) is 11.7 Å². The van der Waals surface area contributed by atoms with Crippen LogP contribution in [0.1, 0.15) is 25.3 Å². The molecule has 1 aromatic rings. The Morgan fingerprint density at radius 1 is 1.44 bits per heavy atom. The molecule has 1 heterocycles. The molecule has 16 heavy (non-hydrogen) atoms. The van der Waals surface area contributed by atoms with Gasteiger partial charge in [-0.1, -0.05) is 24.9 Å². The van der Waals surface area contributed by atoms with E-state index in [9.17, 15) is 0 Å². The predicted octanol–water partition coefficient (Wildman–Crippen LogP) is 2.33. The summed E-state index contributed by atoms with van der Waals surface area (Å²) in [5.74, 6) is 0. The third-order valence-corrected chi connectivity index (χ3v) is 2.65. The molecule has 3 nitrogen and oxygen atoms in total. The number of nitrogens with zero attached hydrogens (tertiary/aromatic N) is 2. The molecule has 0 amide bonds. The highest BCUT2D eigenvalue weighted by molar-refractivity contribution is 6.29. The quantitative estimate of drug-likeness (QED) is 0.746. The first-order valence-corrected chi connectivity index (χ1v) is 6.07. The first kappa shape index (κ1) is 13.4. The Morgan fingerprint density at radius 2 is 2.25 bits per heavy atom. The summed E-state index contributed by atoms with van der Waals surface area (Å²) in [6.45, 7) is 4.91. The highest BCUT2D eigenvalue weighted by Gasteiger charge is 2.05. The molecule has 0 saturated heterocycles. The number of rotatable bonds is 7. The second-order valence-corrected chi connectivity index (χ2v) is 4.23. The number of pyridine rings is 1. The fourth-order valence-electron chi connectivity index (χ4n) is 1.59. The van der Waals surface area contributed by atoms with E-state index in [-0.39, 0.29) is 6.61 Å². The van der Waals surface area contributed by atoms with Gasteiger partial charge in [0.05, 0.1) is 6.61 Å². The number of unbranched alkanes of at least 4 members (excludes halogenated alkanes) is 1. The van der Waals surface area contributed by atoms with E-state index >= 15 is 0 Å². The maximum atomic E-state index is 8.99. The van der Waals surface area contributed by atoms with Crippen molar-refractivity contribution in [3.63, 3.8) is 0 Å². The molecular formula is C12H19ClN2O. The van der Waals surface area contributed by atoms with Crippen LogP contribution in [0.3, 0.4) is 0 Å². The van der Waals surface area contributed by atoms with Crippen molar-refractivity contribution in [1.29, 1.82) is 0 Å². The topological polar surface area (TPSA) is 36.4 Å². The van der Waals surface area contributed by atoms with Crippen LogP contribution >= 0.6 is 11.6 Å². The van der Waals surface area contributed by atoms with Crippen molar-refractivity contribution in [1.82, 2.24) is 9.88 Å². The van der Waals surface area contributed by atoms with Crippen LogP contribution in [0.4, 0.5) is 0 Å². The molecule has 0 atom stereocenters. The van der Waals surface area contributed by atoms with Gasteiger partial charge in [0.25, 0.3) is 0 Å². The largest absolute Gasteiger partial charge is 0.395 e. The summed E-state index contributed by atoms with van der Waals surface area (Å²) in [6, 6.07) is 3.83. The molecule has 0 fully saturated rings. The fraction of sp³-hybridized carbons (Fsp3) is 0.583. The van der Waals surface area contributed by atoms with Crippen LogP contribution < -0.4 is 0 Å². The maximum absolute atomic E-state index is 8.99. The zero-order chi connectivity index (χ0) is 11.8. The zero-order valence-electron chi connectivity index (χ0n) is 9.69. The van der Waals surface area contributed by atoms with Crippen LogP contribution in [0.25, 0.3) is 0 Å². The smallest absolute Gasteiger partial charge is 0.129 e. The highest BCUT2D eigenvalue weighted by Crippen LogP contribution is 2.10. The molecular weight excluding hydrogens is 224 g/mol. The van der Waals surface area contributed by atoms with Gasteiger partial charge in [-0.3, -0.25) is 4.90 Å². The summed E-state index contributed by atoms with van der Waals surface area (Å²) in [5, 5.41) is 9.51. The van der Waals surface area contributed by atoms with E-state index < -0.39 is 0 Å². The van der Waals surface area contributed by atoms with E-state index in [1.54, 1.807) is 6.20 Å². The molecule has 0 bridgehead atoms. The summed E-state index contributed by atoms with van der Waals surface area (Å²) < 4.78 is 0. The summed E-state index contributed by atoms with van der Waals surface area (Å²) in [4.78, 5) is 6.18. The Bertz CT molecular complexity index is 307. The lowest BCUT2D eigenvalue weighted by atomic mass is 10.2. The molecule has 0 aliphatic rings. The molecule has 0 aliphatic carbocycles. The summed E-state index contributed by atoms with van der Waals surface area (Å²) in [6.07, 6.45) is 4.03. The molecule has 0 aromatic carbocycles. The van der Waals surface area contributed by atoms with Crippen LogP contribution in [0.2, 0.25) is 5.15 Å². The number of hydrogen-bond donors (Lipinski definition) is 1. The Morgan fingerprint density at radius 3 is 2.88 bits per heavy atom. The molecule has 0 unspecified atom stereocenters. The Hall–Kier alpha value is -0.640. The van der Waals surface area contributed by atoms with Crippen molar-refractivity contribution in [2.45, 2.75) is 26.3 Å². The molecule has 0 saturated carbocycles. The molecule has 4 heteroatoms. The lowest BCUT2D eigenvalue weighted by Crippen LogP contribution is -2.27. The third-order valence-electron chi connectivity index (χ3n) is 2.44. The minimum absolute atomic E-state index is 0.197. The minimum Gasteiger partial charge on any atom is -0.395 e. The second-order valence-electron chi connectivity index (χ2n) is 3.84. The summed E-state index contributed by atoms with van der Waals surface area (Å²) in [5.41, 5.74) is 1.14. The number of hydrogen-bond acceptors (Lipinski definition) is 3. The SMILES string of the molecule is CCCCN(CCO)Cc1ccnc(Cl)c1.